The van der Waals surface area contributed by atoms with Crippen LogP contribution in [0.4, 0.5) is 11.4 Å². The molecule has 0 atom stereocenters. The highest BCUT2D eigenvalue weighted by molar-refractivity contribution is 6.38. The van der Waals surface area contributed by atoms with Gasteiger partial charge < -0.3 is 30.2 Å². The van der Waals surface area contributed by atoms with E-state index in [4.69, 9.17) is 60.6 Å². The Morgan fingerprint density at radius 2 is 1.06 bits per heavy atom. The minimum absolute atomic E-state index is 0.0335. The molecule has 0 aliphatic heterocycles. The maximum atomic E-state index is 12.7. The molecule has 50 heavy (non-hydrogen) atoms. The fourth-order valence-electron chi connectivity index (χ4n) is 4.50. The van der Waals surface area contributed by atoms with Crippen LogP contribution in [0.25, 0.3) is 0 Å². The Morgan fingerprint density at radius 1 is 0.600 bits per heavy atom. The molecule has 4 aromatic rings. The number of hydrogen-bond acceptors (Lipinski definition) is 8. The second-order valence-electron chi connectivity index (χ2n) is 10.7. The van der Waals surface area contributed by atoms with Gasteiger partial charge in [-0.2, -0.15) is 0 Å². The Bertz CT molecular complexity index is 1910. The summed E-state index contributed by atoms with van der Waals surface area (Å²) in [4.78, 5) is 60.1. The Balaban J connectivity index is 1.26. The topological polar surface area (TPSA) is 149 Å². The first kappa shape index (κ1) is 38.0. The number of hydrogen-bond donors (Lipinski definition) is 3. The van der Waals surface area contributed by atoms with Gasteiger partial charge in [-0.3, -0.25) is 19.2 Å². The van der Waals surface area contributed by atoms with Gasteiger partial charge in [-0.05, 0) is 65.2 Å². The second-order valence-corrected chi connectivity index (χ2v) is 12.3. The molecule has 0 saturated carbocycles. The highest BCUT2D eigenvalue weighted by Gasteiger charge is 2.19. The van der Waals surface area contributed by atoms with Gasteiger partial charge in [0.15, 0.2) is 11.5 Å². The number of carbonyl (C=O) groups is 5. The first-order chi connectivity index (χ1) is 23.8. The monoisotopic (exact) mass is 759 g/mol. The normalized spacial score (nSPS) is 10.5. The van der Waals surface area contributed by atoms with Gasteiger partial charge in [0.25, 0.3) is 5.91 Å². The van der Waals surface area contributed by atoms with Crippen molar-refractivity contribution in [2.24, 2.45) is 0 Å². The van der Waals surface area contributed by atoms with E-state index in [0.29, 0.717) is 16.9 Å². The SMILES string of the molecule is CC(=O)Nc1cccc(COc2c(Cl)cc(CC(=O)OC(=O)CNC(=O)c3cc(Cl)c(OCc4cccc(NC(C)=O)c4)c(Cl)c3)cc2Cl)c1. The molecule has 0 aliphatic carbocycles. The zero-order valence-corrected chi connectivity index (χ0v) is 29.6. The molecule has 0 aliphatic rings. The van der Waals surface area contributed by atoms with Crippen LogP contribution in [-0.2, 0) is 43.5 Å². The van der Waals surface area contributed by atoms with Crippen molar-refractivity contribution in [2.75, 3.05) is 17.2 Å². The molecule has 0 saturated heterocycles. The van der Waals surface area contributed by atoms with E-state index in [1.54, 1.807) is 48.5 Å². The average Bonchev–Trinajstić information content (AvgIpc) is 3.02. The van der Waals surface area contributed by atoms with Crippen LogP contribution in [0.3, 0.4) is 0 Å². The van der Waals surface area contributed by atoms with Crippen molar-refractivity contribution < 1.29 is 38.2 Å². The number of anilines is 2. The van der Waals surface area contributed by atoms with E-state index >= 15 is 0 Å². The van der Waals surface area contributed by atoms with Crippen molar-refractivity contribution in [2.45, 2.75) is 33.5 Å². The van der Waals surface area contributed by atoms with Crippen molar-refractivity contribution in [3.8, 4) is 11.5 Å². The minimum Gasteiger partial charge on any atom is -0.486 e. The lowest BCUT2D eigenvalue weighted by molar-refractivity contribution is -0.158. The molecule has 4 aromatic carbocycles. The Kier molecular flexibility index (Phi) is 13.5. The third-order valence-corrected chi connectivity index (χ3v) is 7.67. The first-order valence-corrected chi connectivity index (χ1v) is 16.3. The van der Waals surface area contributed by atoms with E-state index in [-0.39, 0.29) is 68.6 Å². The van der Waals surface area contributed by atoms with Gasteiger partial charge in [0.1, 0.15) is 19.8 Å². The lowest BCUT2D eigenvalue weighted by atomic mass is 10.1. The van der Waals surface area contributed by atoms with Crippen LogP contribution in [-0.4, -0.2) is 36.2 Å². The molecule has 0 unspecified atom stereocenters. The first-order valence-electron chi connectivity index (χ1n) is 14.7. The van der Waals surface area contributed by atoms with Crippen LogP contribution in [0.15, 0.2) is 72.8 Å². The van der Waals surface area contributed by atoms with E-state index in [1.807, 2.05) is 0 Å². The lowest BCUT2D eigenvalue weighted by Crippen LogP contribution is -2.32. The molecule has 15 heteroatoms. The molecule has 0 heterocycles. The largest absolute Gasteiger partial charge is 0.486 e. The average molecular weight is 761 g/mol. The van der Waals surface area contributed by atoms with Gasteiger partial charge in [0.2, 0.25) is 11.8 Å². The van der Waals surface area contributed by atoms with Crippen molar-refractivity contribution in [3.63, 3.8) is 0 Å². The number of halogens is 4. The highest BCUT2D eigenvalue weighted by Crippen LogP contribution is 2.36. The predicted octanol–water partition coefficient (Wildman–Crippen LogP) is 7.42. The summed E-state index contributed by atoms with van der Waals surface area (Å²) in [7, 11) is 0. The predicted molar refractivity (Wildman–Crippen MR) is 190 cm³/mol. The molecule has 0 fully saturated rings. The van der Waals surface area contributed by atoms with E-state index in [1.165, 1.54) is 38.1 Å². The van der Waals surface area contributed by atoms with Crippen LogP contribution >= 0.6 is 46.4 Å². The molecule has 0 bridgehead atoms. The van der Waals surface area contributed by atoms with Gasteiger partial charge in [-0.1, -0.05) is 70.7 Å². The number of benzene rings is 4. The summed E-state index contributed by atoms with van der Waals surface area (Å²) in [6.45, 7) is 2.35. The molecule has 4 rings (SSSR count). The molecule has 0 radical (unpaired) electrons. The number of ether oxygens (including phenoxy) is 3. The van der Waals surface area contributed by atoms with Gasteiger partial charge in [0, 0.05) is 30.8 Å². The third kappa shape index (κ3) is 11.4. The fraction of sp³-hybridized carbons (Fsp3) is 0.171. The molecule has 3 N–H and O–H groups in total. The molecule has 0 aromatic heterocycles. The molecule has 0 spiro atoms. The number of esters is 2. The summed E-state index contributed by atoms with van der Waals surface area (Å²) in [5.74, 6) is -2.73. The van der Waals surface area contributed by atoms with Crippen LogP contribution in [0, 0.1) is 0 Å². The summed E-state index contributed by atoms with van der Waals surface area (Å²) in [5.41, 5.74) is 3.07. The fourth-order valence-corrected chi connectivity index (χ4v) is 5.73. The second kappa shape index (κ2) is 17.7. The molecular weight excluding hydrogens is 732 g/mol. The van der Waals surface area contributed by atoms with E-state index in [2.05, 4.69) is 16.0 Å². The summed E-state index contributed by atoms with van der Waals surface area (Å²) >= 11 is 25.4. The number of nitrogens with one attached hydrogen (secondary N) is 3. The summed E-state index contributed by atoms with van der Waals surface area (Å²) in [5, 5.41) is 8.06. The van der Waals surface area contributed by atoms with Crippen LogP contribution < -0.4 is 25.4 Å². The third-order valence-electron chi connectivity index (χ3n) is 6.55. The quantitative estimate of drug-likeness (QED) is 0.0942. The van der Waals surface area contributed by atoms with E-state index < -0.39 is 24.4 Å². The molecule has 260 valence electrons. The van der Waals surface area contributed by atoms with E-state index in [0.717, 1.165) is 11.1 Å². The summed E-state index contributed by atoms with van der Waals surface area (Å²) < 4.78 is 16.4. The van der Waals surface area contributed by atoms with Crippen LogP contribution in [0.1, 0.15) is 40.9 Å². The Morgan fingerprint density at radius 3 is 1.52 bits per heavy atom. The molecule has 11 nitrogen and oxygen atoms in total. The standard InChI is InChI=1S/C35H29Cl4N3O8/c1-19(43)41-25-7-3-5-21(9-25)17-48-33-27(36)11-23(12-28(33)37)13-31(45)50-32(46)16-40-35(47)24-14-29(38)34(30(39)15-24)49-18-22-6-4-8-26(10-22)42-20(2)44/h3-12,14-15H,13,16-18H2,1-2H3,(H,40,47)(H,41,43)(H,42,44). The molecule has 3 amide bonds. The smallest absolute Gasteiger partial charge is 0.333 e. The van der Waals surface area contributed by atoms with Crippen LogP contribution in [0.5, 0.6) is 11.5 Å². The number of carbonyl (C=O) groups excluding carboxylic acids is 5. The Hall–Kier alpha value is -4.81. The molecular formula is C35H29Cl4N3O8. The van der Waals surface area contributed by atoms with Gasteiger partial charge in [-0.25, -0.2) is 4.79 Å². The maximum absolute atomic E-state index is 12.7. The highest BCUT2D eigenvalue weighted by atomic mass is 35.5. The maximum Gasteiger partial charge on any atom is 0.333 e. The summed E-state index contributed by atoms with van der Waals surface area (Å²) in [6.07, 6.45) is -0.345. The van der Waals surface area contributed by atoms with Gasteiger partial charge in [0.05, 0.1) is 26.5 Å². The number of amides is 3. The van der Waals surface area contributed by atoms with Crippen LogP contribution in [0.2, 0.25) is 20.1 Å². The Labute approximate surface area is 307 Å². The lowest BCUT2D eigenvalue weighted by Gasteiger charge is -2.13. The zero-order valence-electron chi connectivity index (χ0n) is 26.5. The minimum atomic E-state index is -1.01. The van der Waals surface area contributed by atoms with Gasteiger partial charge in [-0.15, -0.1) is 0 Å². The van der Waals surface area contributed by atoms with Crippen molar-refractivity contribution in [1.82, 2.24) is 5.32 Å². The van der Waals surface area contributed by atoms with Crippen molar-refractivity contribution in [1.29, 1.82) is 0 Å². The van der Waals surface area contributed by atoms with E-state index in [9.17, 15) is 24.0 Å². The van der Waals surface area contributed by atoms with Crippen molar-refractivity contribution in [3.05, 3.63) is 115 Å². The van der Waals surface area contributed by atoms with Crippen molar-refractivity contribution >= 4 is 87.4 Å². The zero-order chi connectivity index (χ0) is 36.4. The van der Waals surface area contributed by atoms with Gasteiger partial charge >= 0.3 is 11.9 Å². The number of rotatable bonds is 13. The summed E-state index contributed by atoms with van der Waals surface area (Å²) in [6, 6.07) is 19.6.